The number of pyridine rings is 1. The Morgan fingerprint density at radius 2 is 2.27 bits per heavy atom. The van der Waals surface area contributed by atoms with Crippen LogP contribution in [0.2, 0.25) is 0 Å². The standard InChI is InChI=1S/C12H16N2O/c1-9-5-6-14(12(15)7-9)11-4-3-10(2)8-13-11/h3-4,8-9H,5-7H2,1-2H3. The van der Waals surface area contributed by atoms with E-state index in [1.807, 2.05) is 19.1 Å². The number of piperidine rings is 1. The topological polar surface area (TPSA) is 33.2 Å². The third-order valence-corrected chi connectivity index (χ3v) is 2.84. The van der Waals surface area contributed by atoms with Gasteiger partial charge in [0.2, 0.25) is 5.91 Å². The molecule has 3 nitrogen and oxygen atoms in total. The summed E-state index contributed by atoms with van der Waals surface area (Å²) in [5.74, 6) is 1.50. The number of hydrogen-bond donors (Lipinski definition) is 0. The van der Waals surface area contributed by atoms with Crippen LogP contribution in [0.4, 0.5) is 5.82 Å². The smallest absolute Gasteiger partial charge is 0.228 e. The summed E-state index contributed by atoms with van der Waals surface area (Å²) in [4.78, 5) is 17.8. The molecule has 1 amide bonds. The molecule has 1 atom stereocenters. The van der Waals surface area contributed by atoms with E-state index in [9.17, 15) is 4.79 Å². The fourth-order valence-electron chi connectivity index (χ4n) is 1.85. The van der Waals surface area contributed by atoms with Gasteiger partial charge in [-0.3, -0.25) is 9.69 Å². The molecule has 15 heavy (non-hydrogen) atoms. The monoisotopic (exact) mass is 204 g/mol. The van der Waals surface area contributed by atoms with Crippen molar-refractivity contribution in [2.24, 2.45) is 5.92 Å². The maximum atomic E-state index is 11.8. The number of nitrogens with zero attached hydrogens (tertiary/aromatic N) is 2. The van der Waals surface area contributed by atoms with Crippen LogP contribution in [0.25, 0.3) is 0 Å². The lowest BCUT2D eigenvalue weighted by molar-refractivity contribution is -0.120. The highest BCUT2D eigenvalue weighted by Crippen LogP contribution is 2.22. The van der Waals surface area contributed by atoms with Gasteiger partial charge in [-0.1, -0.05) is 13.0 Å². The molecule has 1 aliphatic heterocycles. The highest BCUT2D eigenvalue weighted by Gasteiger charge is 2.24. The maximum absolute atomic E-state index is 11.8. The average Bonchev–Trinajstić information content (AvgIpc) is 2.20. The van der Waals surface area contributed by atoms with Crippen molar-refractivity contribution in [3.8, 4) is 0 Å². The number of rotatable bonds is 1. The maximum Gasteiger partial charge on any atom is 0.228 e. The number of aromatic nitrogens is 1. The zero-order valence-corrected chi connectivity index (χ0v) is 9.23. The Bertz CT molecular complexity index is 358. The van der Waals surface area contributed by atoms with Gasteiger partial charge in [0, 0.05) is 19.2 Å². The van der Waals surface area contributed by atoms with Crippen LogP contribution in [0.3, 0.4) is 0 Å². The average molecular weight is 204 g/mol. The van der Waals surface area contributed by atoms with Crippen molar-refractivity contribution in [1.29, 1.82) is 0 Å². The van der Waals surface area contributed by atoms with Crippen LogP contribution in [0.15, 0.2) is 18.3 Å². The molecule has 0 aromatic carbocycles. The van der Waals surface area contributed by atoms with Crippen LogP contribution in [0.1, 0.15) is 25.3 Å². The van der Waals surface area contributed by atoms with E-state index < -0.39 is 0 Å². The number of carbonyl (C=O) groups is 1. The van der Waals surface area contributed by atoms with Crippen LogP contribution in [0, 0.1) is 12.8 Å². The first-order valence-electron chi connectivity index (χ1n) is 5.40. The highest BCUT2D eigenvalue weighted by atomic mass is 16.2. The van der Waals surface area contributed by atoms with E-state index in [1.165, 1.54) is 0 Å². The molecule has 80 valence electrons. The van der Waals surface area contributed by atoms with Crippen LogP contribution in [-0.4, -0.2) is 17.4 Å². The summed E-state index contributed by atoms with van der Waals surface area (Å²) in [5.41, 5.74) is 1.12. The number of carbonyl (C=O) groups excluding carboxylic acids is 1. The van der Waals surface area contributed by atoms with E-state index >= 15 is 0 Å². The molecule has 1 aromatic heterocycles. The lowest BCUT2D eigenvalue weighted by atomic mass is 9.98. The largest absolute Gasteiger partial charge is 0.297 e. The number of anilines is 1. The fraction of sp³-hybridized carbons (Fsp3) is 0.500. The summed E-state index contributed by atoms with van der Waals surface area (Å²) in [6.45, 7) is 4.92. The molecule has 0 spiro atoms. The molecule has 0 radical (unpaired) electrons. The molecule has 0 N–H and O–H groups in total. The van der Waals surface area contributed by atoms with Gasteiger partial charge in [-0.15, -0.1) is 0 Å². The Balaban J connectivity index is 2.17. The minimum absolute atomic E-state index is 0.199. The number of hydrogen-bond acceptors (Lipinski definition) is 2. The minimum atomic E-state index is 0.199. The van der Waals surface area contributed by atoms with Crippen molar-refractivity contribution in [3.05, 3.63) is 23.9 Å². The van der Waals surface area contributed by atoms with E-state index in [-0.39, 0.29) is 5.91 Å². The van der Waals surface area contributed by atoms with Gasteiger partial charge in [-0.05, 0) is 30.9 Å². The lowest BCUT2D eigenvalue weighted by Crippen LogP contribution is -2.38. The van der Waals surface area contributed by atoms with Gasteiger partial charge in [0.25, 0.3) is 0 Å². The molecule has 1 saturated heterocycles. The molecule has 0 saturated carbocycles. The minimum Gasteiger partial charge on any atom is -0.297 e. The highest BCUT2D eigenvalue weighted by molar-refractivity contribution is 5.93. The van der Waals surface area contributed by atoms with Gasteiger partial charge in [-0.2, -0.15) is 0 Å². The van der Waals surface area contributed by atoms with Crippen LogP contribution >= 0.6 is 0 Å². The van der Waals surface area contributed by atoms with Gasteiger partial charge in [0.15, 0.2) is 0 Å². The van der Waals surface area contributed by atoms with Crippen molar-refractivity contribution in [2.45, 2.75) is 26.7 Å². The summed E-state index contributed by atoms with van der Waals surface area (Å²) in [6.07, 6.45) is 3.53. The first kappa shape index (κ1) is 10.1. The summed E-state index contributed by atoms with van der Waals surface area (Å²) >= 11 is 0. The third kappa shape index (κ3) is 2.17. The van der Waals surface area contributed by atoms with Crippen molar-refractivity contribution < 1.29 is 4.79 Å². The Kier molecular flexibility index (Phi) is 2.71. The van der Waals surface area contributed by atoms with Crippen molar-refractivity contribution in [1.82, 2.24) is 4.98 Å². The molecule has 3 heteroatoms. The van der Waals surface area contributed by atoms with Gasteiger partial charge < -0.3 is 0 Å². The quantitative estimate of drug-likeness (QED) is 0.702. The first-order valence-corrected chi connectivity index (χ1v) is 5.40. The van der Waals surface area contributed by atoms with Gasteiger partial charge >= 0.3 is 0 Å². The fourth-order valence-corrected chi connectivity index (χ4v) is 1.85. The van der Waals surface area contributed by atoms with Crippen molar-refractivity contribution in [2.75, 3.05) is 11.4 Å². The summed E-state index contributed by atoms with van der Waals surface area (Å²) in [7, 11) is 0. The first-order chi connectivity index (χ1) is 7.16. The zero-order valence-electron chi connectivity index (χ0n) is 9.23. The molecule has 2 rings (SSSR count). The summed E-state index contributed by atoms with van der Waals surface area (Å²) in [6, 6.07) is 3.91. The van der Waals surface area contributed by atoms with Crippen molar-refractivity contribution in [3.63, 3.8) is 0 Å². The zero-order chi connectivity index (χ0) is 10.8. The lowest BCUT2D eigenvalue weighted by Gasteiger charge is -2.29. The third-order valence-electron chi connectivity index (χ3n) is 2.84. The second-order valence-electron chi connectivity index (χ2n) is 4.34. The van der Waals surface area contributed by atoms with E-state index in [4.69, 9.17) is 0 Å². The normalized spacial score (nSPS) is 21.9. The molecule has 1 fully saturated rings. The Morgan fingerprint density at radius 3 is 2.87 bits per heavy atom. The van der Waals surface area contributed by atoms with Crippen LogP contribution in [0.5, 0.6) is 0 Å². The second-order valence-corrected chi connectivity index (χ2v) is 4.34. The summed E-state index contributed by atoms with van der Waals surface area (Å²) in [5, 5.41) is 0. The molecular formula is C12H16N2O. The van der Waals surface area contributed by atoms with Crippen LogP contribution < -0.4 is 4.90 Å². The second kappa shape index (κ2) is 4.01. The van der Waals surface area contributed by atoms with E-state index in [0.29, 0.717) is 12.3 Å². The number of aryl methyl sites for hydroxylation is 1. The molecule has 0 bridgehead atoms. The Hall–Kier alpha value is -1.38. The molecule has 2 heterocycles. The van der Waals surface area contributed by atoms with Gasteiger partial charge in [0.1, 0.15) is 5.82 Å². The van der Waals surface area contributed by atoms with E-state index in [1.54, 1.807) is 11.1 Å². The van der Waals surface area contributed by atoms with Gasteiger partial charge in [0.05, 0.1) is 0 Å². The molecule has 1 unspecified atom stereocenters. The Labute approximate surface area is 90.1 Å². The molecule has 1 aromatic rings. The molecular weight excluding hydrogens is 188 g/mol. The SMILES string of the molecule is Cc1ccc(N2CCC(C)CC2=O)nc1. The predicted octanol–water partition coefficient (Wildman–Crippen LogP) is 2.15. The van der Waals surface area contributed by atoms with Crippen LogP contribution in [-0.2, 0) is 4.79 Å². The summed E-state index contributed by atoms with van der Waals surface area (Å²) < 4.78 is 0. The van der Waals surface area contributed by atoms with E-state index in [2.05, 4.69) is 11.9 Å². The number of amides is 1. The van der Waals surface area contributed by atoms with E-state index in [0.717, 1.165) is 24.3 Å². The van der Waals surface area contributed by atoms with Gasteiger partial charge in [-0.25, -0.2) is 4.98 Å². The molecule has 1 aliphatic rings. The Morgan fingerprint density at radius 1 is 1.47 bits per heavy atom. The van der Waals surface area contributed by atoms with Crippen molar-refractivity contribution >= 4 is 11.7 Å². The molecule has 0 aliphatic carbocycles. The predicted molar refractivity (Wildman–Crippen MR) is 59.7 cm³/mol.